The van der Waals surface area contributed by atoms with Crippen molar-refractivity contribution in [2.24, 2.45) is 4.99 Å². The van der Waals surface area contributed by atoms with E-state index >= 15 is 0 Å². The molecule has 0 amide bonds. The quantitative estimate of drug-likeness (QED) is 0.422. The van der Waals surface area contributed by atoms with Crippen molar-refractivity contribution in [1.29, 1.82) is 0 Å². The molecule has 5 heteroatoms. The molecule has 0 N–H and O–H groups in total. The summed E-state index contributed by atoms with van der Waals surface area (Å²) in [6.45, 7) is 2.28. The molecule has 1 aliphatic heterocycles. The lowest BCUT2D eigenvalue weighted by atomic mass is 9.90. The van der Waals surface area contributed by atoms with Crippen LogP contribution in [0.25, 0.3) is 22.3 Å². The summed E-state index contributed by atoms with van der Waals surface area (Å²) in [5.41, 5.74) is 7.92. The summed E-state index contributed by atoms with van der Waals surface area (Å²) in [6, 6.07) is 20.0. The van der Waals surface area contributed by atoms with Gasteiger partial charge in [-0.15, -0.1) is 0 Å². The molecule has 0 unspecified atom stereocenters. The average molecular weight is 396 g/mol. The fraction of sp³-hybridized carbons (Fsp3) is 0.0800. The van der Waals surface area contributed by atoms with E-state index < -0.39 is 0 Å². The number of aromatic nitrogens is 1. The maximum atomic E-state index is 13.5. The number of aldehydes is 1. The highest BCUT2D eigenvalue weighted by molar-refractivity contribution is 6.17. The van der Waals surface area contributed by atoms with Crippen molar-refractivity contribution < 1.29 is 13.7 Å². The molecule has 2 heterocycles. The Balaban J connectivity index is 1.72. The van der Waals surface area contributed by atoms with E-state index in [9.17, 15) is 9.18 Å². The normalized spacial score (nSPS) is 12.5. The minimum Gasteiger partial charge on any atom is -0.358 e. The van der Waals surface area contributed by atoms with E-state index in [4.69, 9.17) is 9.52 Å². The van der Waals surface area contributed by atoms with Gasteiger partial charge in [0.1, 0.15) is 18.6 Å². The molecule has 0 spiro atoms. The third-order valence-corrected chi connectivity index (χ3v) is 5.36. The molecule has 4 aromatic rings. The number of halogens is 1. The van der Waals surface area contributed by atoms with Crippen LogP contribution in [0.2, 0.25) is 0 Å². The van der Waals surface area contributed by atoms with Crippen LogP contribution in [-0.4, -0.2) is 17.2 Å². The molecule has 30 heavy (non-hydrogen) atoms. The number of carbonyl (C=O) groups is 1. The van der Waals surface area contributed by atoms with E-state index in [1.807, 2.05) is 31.2 Å². The van der Waals surface area contributed by atoms with E-state index in [1.165, 1.54) is 12.1 Å². The molecule has 0 radical (unpaired) electrons. The Morgan fingerprint density at radius 1 is 0.900 bits per heavy atom. The zero-order chi connectivity index (χ0) is 20.7. The molecule has 1 aromatic heterocycles. The minimum absolute atomic E-state index is 0.288. The highest BCUT2D eigenvalue weighted by atomic mass is 19.1. The summed E-state index contributed by atoms with van der Waals surface area (Å²) in [6.07, 6.45) is 0.830. The molecule has 0 saturated carbocycles. The van der Waals surface area contributed by atoms with Gasteiger partial charge in [0.15, 0.2) is 5.76 Å². The number of rotatable bonds is 3. The van der Waals surface area contributed by atoms with E-state index in [-0.39, 0.29) is 5.82 Å². The number of benzene rings is 3. The van der Waals surface area contributed by atoms with Gasteiger partial charge in [0.25, 0.3) is 0 Å². The number of fused-ring (bicyclic) bond motifs is 3. The number of hydrogen-bond acceptors (Lipinski definition) is 4. The molecule has 3 aromatic carbocycles. The van der Waals surface area contributed by atoms with Crippen molar-refractivity contribution in [3.05, 3.63) is 101 Å². The number of carbonyl (C=O) groups excluding carboxylic acids is 1. The second-order valence-electron chi connectivity index (χ2n) is 7.24. The van der Waals surface area contributed by atoms with Crippen molar-refractivity contribution in [1.82, 2.24) is 5.16 Å². The zero-order valence-electron chi connectivity index (χ0n) is 16.2. The standard InChI is InChI=1S/C25H17FN2O2/c1-15-24-21-11-8-19(17-4-2-16(14-29)3-5-17)12-22(21)25(27-13-23(24)30-28-15)18-6-9-20(26)10-7-18/h2-12,14H,13H2,1H3. The van der Waals surface area contributed by atoms with Crippen molar-refractivity contribution in [3.63, 3.8) is 0 Å². The summed E-state index contributed by atoms with van der Waals surface area (Å²) in [5.74, 6) is 0.429. The molecule has 0 atom stereocenters. The van der Waals surface area contributed by atoms with E-state index in [2.05, 4.69) is 11.2 Å². The third kappa shape index (κ3) is 3.05. The van der Waals surface area contributed by atoms with Gasteiger partial charge in [0.2, 0.25) is 0 Å². The lowest BCUT2D eigenvalue weighted by molar-refractivity contribution is 0.112. The van der Waals surface area contributed by atoms with Crippen LogP contribution in [0.4, 0.5) is 4.39 Å². The summed E-state index contributed by atoms with van der Waals surface area (Å²) < 4.78 is 19.0. The van der Waals surface area contributed by atoms with Gasteiger partial charge >= 0.3 is 0 Å². The molecule has 0 aliphatic carbocycles. The topological polar surface area (TPSA) is 55.5 Å². The Morgan fingerprint density at radius 2 is 1.60 bits per heavy atom. The monoisotopic (exact) mass is 396 g/mol. The molecule has 5 rings (SSSR count). The van der Waals surface area contributed by atoms with Crippen molar-refractivity contribution in [2.75, 3.05) is 0 Å². The fourth-order valence-electron chi connectivity index (χ4n) is 3.85. The van der Waals surface area contributed by atoms with Gasteiger partial charge in [0, 0.05) is 16.7 Å². The third-order valence-electron chi connectivity index (χ3n) is 5.36. The second-order valence-corrected chi connectivity index (χ2v) is 7.24. The van der Waals surface area contributed by atoms with Crippen LogP contribution in [0.5, 0.6) is 0 Å². The van der Waals surface area contributed by atoms with Gasteiger partial charge < -0.3 is 4.52 Å². The average Bonchev–Trinajstić information content (AvgIpc) is 3.06. The maximum absolute atomic E-state index is 13.5. The Morgan fingerprint density at radius 3 is 2.33 bits per heavy atom. The molecular formula is C25H17FN2O2. The zero-order valence-corrected chi connectivity index (χ0v) is 16.2. The van der Waals surface area contributed by atoms with Crippen LogP contribution in [0.3, 0.4) is 0 Å². The number of aliphatic imine (C=N–C) groups is 1. The van der Waals surface area contributed by atoms with E-state index in [0.29, 0.717) is 17.9 Å². The first-order chi connectivity index (χ1) is 14.6. The van der Waals surface area contributed by atoms with Crippen LogP contribution < -0.4 is 0 Å². The first-order valence-corrected chi connectivity index (χ1v) is 9.60. The first kappa shape index (κ1) is 18.2. The van der Waals surface area contributed by atoms with Gasteiger partial charge in [-0.1, -0.05) is 41.6 Å². The van der Waals surface area contributed by atoms with Gasteiger partial charge in [0.05, 0.1) is 17.0 Å². The maximum Gasteiger partial charge on any atom is 0.166 e. The summed E-state index contributed by atoms with van der Waals surface area (Å²) in [7, 11) is 0. The molecule has 4 nitrogen and oxygen atoms in total. The van der Waals surface area contributed by atoms with Gasteiger partial charge in [-0.25, -0.2) is 4.39 Å². The number of aryl methyl sites for hydroxylation is 1. The van der Waals surface area contributed by atoms with Crippen LogP contribution in [-0.2, 0) is 6.54 Å². The van der Waals surface area contributed by atoms with Gasteiger partial charge in [-0.05, 0) is 53.9 Å². The van der Waals surface area contributed by atoms with Gasteiger partial charge in [-0.2, -0.15) is 0 Å². The molecule has 1 aliphatic rings. The summed E-state index contributed by atoms with van der Waals surface area (Å²) in [5, 5.41) is 4.12. The highest BCUT2D eigenvalue weighted by Crippen LogP contribution is 2.37. The Labute approximate surface area is 172 Å². The largest absolute Gasteiger partial charge is 0.358 e. The molecule has 0 bridgehead atoms. The van der Waals surface area contributed by atoms with E-state index in [0.717, 1.165) is 51.1 Å². The Bertz CT molecular complexity index is 1290. The van der Waals surface area contributed by atoms with Crippen molar-refractivity contribution in [2.45, 2.75) is 13.5 Å². The second kappa shape index (κ2) is 7.19. The first-order valence-electron chi connectivity index (χ1n) is 9.60. The van der Waals surface area contributed by atoms with Crippen LogP contribution >= 0.6 is 0 Å². The lowest BCUT2D eigenvalue weighted by Gasteiger charge is -2.13. The highest BCUT2D eigenvalue weighted by Gasteiger charge is 2.24. The lowest BCUT2D eigenvalue weighted by Crippen LogP contribution is -2.05. The smallest absolute Gasteiger partial charge is 0.166 e. The molecule has 0 fully saturated rings. The Kier molecular flexibility index (Phi) is 4.36. The van der Waals surface area contributed by atoms with E-state index in [1.54, 1.807) is 24.3 Å². The van der Waals surface area contributed by atoms with Crippen molar-refractivity contribution in [3.8, 4) is 22.3 Å². The van der Waals surface area contributed by atoms with Gasteiger partial charge in [-0.3, -0.25) is 9.79 Å². The van der Waals surface area contributed by atoms with Crippen LogP contribution in [0, 0.1) is 12.7 Å². The van der Waals surface area contributed by atoms with Crippen LogP contribution in [0.1, 0.15) is 32.9 Å². The number of nitrogens with zero attached hydrogens (tertiary/aromatic N) is 2. The number of hydrogen-bond donors (Lipinski definition) is 0. The van der Waals surface area contributed by atoms with Crippen LogP contribution in [0.15, 0.2) is 76.2 Å². The SMILES string of the molecule is Cc1noc2c1-c1ccc(-c3ccc(C=O)cc3)cc1C(c1ccc(F)cc1)=NC2. The summed E-state index contributed by atoms with van der Waals surface area (Å²) >= 11 is 0. The summed E-state index contributed by atoms with van der Waals surface area (Å²) in [4.78, 5) is 15.8. The van der Waals surface area contributed by atoms with Crippen molar-refractivity contribution >= 4 is 12.0 Å². The minimum atomic E-state index is -0.288. The predicted molar refractivity (Wildman–Crippen MR) is 113 cm³/mol. The molecular weight excluding hydrogens is 379 g/mol. The fourth-order valence-corrected chi connectivity index (χ4v) is 3.85. The molecule has 0 saturated heterocycles. The predicted octanol–water partition coefficient (Wildman–Crippen LogP) is 5.62. The molecule has 146 valence electrons. The Hall–Kier alpha value is -3.86.